The molecular weight excluding hydrogens is 333 g/mol. The summed E-state index contributed by atoms with van der Waals surface area (Å²) >= 11 is 6.34. The quantitative estimate of drug-likeness (QED) is 0.772. The van der Waals surface area contributed by atoms with E-state index in [0.29, 0.717) is 18.2 Å². The van der Waals surface area contributed by atoms with Gasteiger partial charge in [-0.25, -0.2) is 19.2 Å². The number of rotatable bonds is 5. The maximum Gasteiger partial charge on any atom is 0.358 e. The van der Waals surface area contributed by atoms with Crippen LogP contribution in [0.1, 0.15) is 40.6 Å². The van der Waals surface area contributed by atoms with E-state index in [4.69, 9.17) is 16.3 Å². The Morgan fingerprint density at radius 2 is 2.00 bits per heavy atom. The first-order valence-electron chi connectivity index (χ1n) is 7.61. The van der Waals surface area contributed by atoms with Crippen molar-refractivity contribution in [3.05, 3.63) is 52.2 Å². The smallest absolute Gasteiger partial charge is 0.358 e. The van der Waals surface area contributed by atoms with E-state index in [1.54, 1.807) is 12.1 Å². The largest absolute Gasteiger partial charge is 0.464 e. The van der Waals surface area contributed by atoms with Gasteiger partial charge in [0.05, 0.1) is 7.11 Å². The van der Waals surface area contributed by atoms with Gasteiger partial charge in [0.25, 0.3) is 0 Å². The molecule has 0 aliphatic heterocycles. The zero-order chi connectivity index (χ0) is 17.3. The molecule has 7 heteroatoms. The van der Waals surface area contributed by atoms with E-state index >= 15 is 0 Å². The Balaban J connectivity index is 1.94. The molecule has 126 valence electrons. The van der Waals surface area contributed by atoms with E-state index < -0.39 is 5.97 Å². The second-order valence-corrected chi connectivity index (χ2v) is 6.19. The maximum atomic E-state index is 13.0. The lowest BCUT2D eigenvalue weighted by molar-refractivity contribution is 0.0593. The highest BCUT2D eigenvalue weighted by atomic mass is 35.5. The first-order valence-corrected chi connectivity index (χ1v) is 7.98. The summed E-state index contributed by atoms with van der Waals surface area (Å²) in [5, 5.41) is 0.163. The highest BCUT2D eigenvalue weighted by Crippen LogP contribution is 2.40. The number of hydrogen-bond acceptors (Lipinski definition) is 5. The van der Waals surface area contributed by atoms with Gasteiger partial charge in [-0.05, 0) is 30.5 Å². The van der Waals surface area contributed by atoms with E-state index in [0.717, 1.165) is 18.4 Å². The van der Waals surface area contributed by atoms with Gasteiger partial charge in [-0.2, -0.15) is 0 Å². The molecule has 0 unspecified atom stereocenters. The summed E-state index contributed by atoms with van der Waals surface area (Å²) in [7, 11) is 3.11. The third-order valence-corrected chi connectivity index (χ3v) is 4.21. The first-order chi connectivity index (χ1) is 11.5. The number of nitrogens with zero attached hydrogens (tertiary/aromatic N) is 3. The van der Waals surface area contributed by atoms with E-state index in [2.05, 4.69) is 9.97 Å². The third-order valence-electron chi connectivity index (χ3n) is 3.87. The van der Waals surface area contributed by atoms with Crippen LogP contribution >= 0.6 is 11.6 Å². The Kier molecular flexibility index (Phi) is 4.66. The highest BCUT2D eigenvalue weighted by molar-refractivity contribution is 6.35. The zero-order valence-electron chi connectivity index (χ0n) is 13.4. The monoisotopic (exact) mass is 349 g/mol. The minimum atomic E-state index is -0.583. The summed E-state index contributed by atoms with van der Waals surface area (Å²) in [6.45, 7) is 0.474. The Morgan fingerprint density at radius 1 is 1.33 bits per heavy atom. The standard InChI is InChI=1S/C17H17ClFN3O2/c1-22(9-10-3-7-12(19)8-4-10)16-13(18)14(17(23)24-2)20-15(21-16)11-5-6-11/h3-4,7-8,11H,5-6,9H2,1-2H3. The summed E-state index contributed by atoms with van der Waals surface area (Å²) in [4.78, 5) is 22.6. The van der Waals surface area contributed by atoms with Crippen molar-refractivity contribution >= 4 is 23.4 Å². The Hall–Kier alpha value is -2.21. The number of esters is 1. The van der Waals surface area contributed by atoms with Gasteiger partial charge in [0.1, 0.15) is 16.7 Å². The fraction of sp³-hybridized carbons (Fsp3) is 0.353. The van der Waals surface area contributed by atoms with Crippen molar-refractivity contribution in [2.75, 3.05) is 19.1 Å². The normalized spacial score (nSPS) is 13.7. The zero-order valence-corrected chi connectivity index (χ0v) is 14.2. The molecule has 0 saturated heterocycles. The fourth-order valence-corrected chi connectivity index (χ4v) is 2.71. The molecule has 1 aromatic heterocycles. The molecule has 3 rings (SSSR count). The van der Waals surface area contributed by atoms with Crippen molar-refractivity contribution < 1.29 is 13.9 Å². The van der Waals surface area contributed by atoms with Gasteiger partial charge >= 0.3 is 5.97 Å². The summed E-state index contributed by atoms with van der Waals surface area (Å²) < 4.78 is 17.8. The molecule has 0 radical (unpaired) electrons. The molecule has 24 heavy (non-hydrogen) atoms. The average Bonchev–Trinajstić information content (AvgIpc) is 3.41. The molecule has 1 fully saturated rings. The lowest BCUT2D eigenvalue weighted by Crippen LogP contribution is -2.21. The Bertz CT molecular complexity index is 763. The molecule has 1 heterocycles. The van der Waals surface area contributed by atoms with Crippen molar-refractivity contribution in [2.45, 2.75) is 25.3 Å². The van der Waals surface area contributed by atoms with E-state index in [-0.39, 0.29) is 22.5 Å². The summed E-state index contributed by atoms with van der Waals surface area (Å²) in [5.41, 5.74) is 0.984. The van der Waals surface area contributed by atoms with Crippen molar-refractivity contribution in [1.82, 2.24) is 9.97 Å². The SMILES string of the molecule is COC(=O)c1nc(C2CC2)nc(N(C)Cc2ccc(F)cc2)c1Cl. The predicted octanol–water partition coefficient (Wildman–Crippen LogP) is 3.57. The third kappa shape index (κ3) is 3.48. The van der Waals surface area contributed by atoms with Gasteiger partial charge in [0, 0.05) is 19.5 Å². The van der Waals surface area contributed by atoms with Crippen LogP contribution in [-0.4, -0.2) is 30.1 Å². The van der Waals surface area contributed by atoms with Crippen LogP contribution in [0, 0.1) is 5.82 Å². The fourth-order valence-electron chi connectivity index (χ4n) is 2.40. The number of ether oxygens (including phenoxy) is 1. The number of hydrogen-bond donors (Lipinski definition) is 0. The van der Waals surface area contributed by atoms with Gasteiger partial charge < -0.3 is 9.64 Å². The number of benzene rings is 1. The lowest BCUT2D eigenvalue weighted by atomic mass is 10.2. The number of carbonyl (C=O) groups excluding carboxylic acids is 1. The van der Waals surface area contributed by atoms with Crippen LogP contribution in [0.4, 0.5) is 10.2 Å². The Labute approximate surface area is 144 Å². The van der Waals surface area contributed by atoms with Crippen molar-refractivity contribution in [1.29, 1.82) is 0 Å². The van der Waals surface area contributed by atoms with Gasteiger partial charge in [-0.1, -0.05) is 23.7 Å². The Morgan fingerprint density at radius 3 is 2.58 bits per heavy atom. The second kappa shape index (κ2) is 6.73. The van der Waals surface area contributed by atoms with Crippen LogP contribution in [-0.2, 0) is 11.3 Å². The van der Waals surface area contributed by atoms with Gasteiger partial charge in [-0.15, -0.1) is 0 Å². The maximum absolute atomic E-state index is 13.0. The second-order valence-electron chi connectivity index (χ2n) is 5.82. The molecule has 5 nitrogen and oxygen atoms in total. The molecule has 2 aromatic rings. The van der Waals surface area contributed by atoms with Crippen LogP contribution in [0.5, 0.6) is 0 Å². The molecule has 1 saturated carbocycles. The summed E-state index contributed by atoms with van der Waals surface area (Å²) in [5.74, 6) is 0.480. The molecular formula is C17H17ClFN3O2. The topological polar surface area (TPSA) is 55.3 Å². The first kappa shape index (κ1) is 16.6. The minimum Gasteiger partial charge on any atom is -0.464 e. The van der Waals surface area contributed by atoms with Crippen LogP contribution in [0.3, 0.4) is 0 Å². The van der Waals surface area contributed by atoms with Crippen molar-refractivity contribution in [3.63, 3.8) is 0 Å². The molecule has 1 aromatic carbocycles. The number of halogens is 2. The molecule has 0 bridgehead atoms. The van der Waals surface area contributed by atoms with E-state index in [9.17, 15) is 9.18 Å². The van der Waals surface area contributed by atoms with E-state index in [1.165, 1.54) is 19.2 Å². The van der Waals surface area contributed by atoms with Crippen LogP contribution in [0.2, 0.25) is 5.02 Å². The van der Waals surface area contributed by atoms with E-state index in [1.807, 2.05) is 11.9 Å². The average molecular weight is 350 g/mol. The molecule has 0 N–H and O–H groups in total. The number of methoxy groups -OCH3 is 1. The van der Waals surface area contributed by atoms with Gasteiger partial charge in [0.2, 0.25) is 0 Å². The molecule has 0 atom stereocenters. The summed E-state index contributed by atoms with van der Waals surface area (Å²) in [6.07, 6.45) is 2.01. The predicted molar refractivity (Wildman–Crippen MR) is 88.9 cm³/mol. The van der Waals surface area contributed by atoms with Crippen LogP contribution in [0.25, 0.3) is 0 Å². The van der Waals surface area contributed by atoms with Crippen LogP contribution in [0.15, 0.2) is 24.3 Å². The number of aromatic nitrogens is 2. The molecule has 1 aliphatic carbocycles. The molecule has 0 spiro atoms. The number of carbonyl (C=O) groups is 1. The molecule has 0 amide bonds. The summed E-state index contributed by atoms with van der Waals surface area (Å²) in [6, 6.07) is 6.20. The van der Waals surface area contributed by atoms with Crippen molar-refractivity contribution in [2.24, 2.45) is 0 Å². The number of anilines is 1. The minimum absolute atomic E-state index is 0.0806. The lowest BCUT2D eigenvalue weighted by Gasteiger charge is -2.21. The van der Waals surface area contributed by atoms with Crippen LogP contribution < -0.4 is 4.90 Å². The van der Waals surface area contributed by atoms with Gasteiger partial charge in [-0.3, -0.25) is 0 Å². The van der Waals surface area contributed by atoms with Gasteiger partial charge in [0.15, 0.2) is 11.5 Å². The highest BCUT2D eigenvalue weighted by Gasteiger charge is 2.30. The molecule has 1 aliphatic rings. The van der Waals surface area contributed by atoms with Crippen molar-refractivity contribution in [3.8, 4) is 0 Å².